The molecule has 180 valence electrons. The monoisotopic (exact) mass is 466 g/mol. The molecule has 4 heterocycles. The van der Waals surface area contributed by atoms with Gasteiger partial charge in [0, 0.05) is 59.1 Å². The third-order valence-corrected chi connectivity index (χ3v) is 8.93. The SMILES string of the molecule is CC1CN(CC2CCN(C(=O)c3cc(S(=O)(=O)N4CCCCC4)cn3C)CC2)CC(C)O1. The van der Waals surface area contributed by atoms with E-state index in [1.807, 2.05) is 4.90 Å². The lowest BCUT2D eigenvalue weighted by Crippen LogP contribution is -2.48. The summed E-state index contributed by atoms with van der Waals surface area (Å²) in [7, 11) is -1.78. The van der Waals surface area contributed by atoms with Crippen molar-refractivity contribution < 1.29 is 17.9 Å². The van der Waals surface area contributed by atoms with Crippen LogP contribution in [0, 0.1) is 5.92 Å². The van der Waals surface area contributed by atoms with Gasteiger partial charge in [0.25, 0.3) is 5.91 Å². The number of aromatic nitrogens is 1. The summed E-state index contributed by atoms with van der Waals surface area (Å²) in [6.07, 6.45) is 6.96. The zero-order valence-electron chi connectivity index (χ0n) is 19.7. The molecule has 4 rings (SSSR count). The summed E-state index contributed by atoms with van der Waals surface area (Å²) in [5.74, 6) is 0.514. The molecule has 3 fully saturated rings. The number of aryl methyl sites for hydroxylation is 1. The molecule has 0 saturated carbocycles. The molecule has 3 saturated heterocycles. The maximum atomic E-state index is 13.2. The van der Waals surface area contributed by atoms with Gasteiger partial charge in [-0.3, -0.25) is 9.69 Å². The average Bonchev–Trinajstić information content (AvgIpc) is 3.16. The first-order valence-electron chi connectivity index (χ1n) is 12.1. The lowest BCUT2D eigenvalue weighted by atomic mass is 9.95. The number of rotatable bonds is 5. The van der Waals surface area contributed by atoms with E-state index in [1.165, 1.54) is 0 Å². The number of hydrogen-bond donors (Lipinski definition) is 0. The minimum atomic E-state index is -3.54. The summed E-state index contributed by atoms with van der Waals surface area (Å²) in [4.78, 5) is 17.8. The molecule has 0 radical (unpaired) electrons. The molecule has 1 aromatic heterocycles. The maximum absolute atomic E-state index is 13.2. The Kier molecular flexibility index (Phi) is 7.29. The van der Waals surface area contributed by atoms with Crippen molar-refractivity contribution in [2.75, 3.05) is 45.8 Å². The van der Waals surface area contributed by atoms with Gasteiger partial charge in [-0.1, -0.05) is 6.42 Å². The molecule has 9 heteroatoms. The molecule has 1 aromatic rings. The largest absolute Gasteiger partial charge is 0.373 e. The van der Waals surface area contributed by atoms with Crippen molar-refractivity contribution in [3.63, 3.8) is 0 Å². The molecule has 0 N–H and O–H groups in total. The standard InChI is InChI=1S/C23H38N4O4S/c1-18-14-25(15-19(2)31-18)16-20-7-11-26(12-8-20)23(28)22-13-21(17-24(22)3)32(29,30)27-9-5-4-6-10-27/h13,17-20H,4-12,14-16H2,1-3H3. The second kappa shape index (κ2) is 9.83. The first-order valence-corrected chi connectivity index (χ1v) is 13.5. The summed E-state index contributed by atoms with van der Waals surface area (Å²) in [5, 5.41) is 0. The smallest absolute Gasteiger partial charge is 0.270 e. The zero-order valence-corrected chi connectivity index (χ0v) is 20.5. The molecule has 0 aliphatic carbocycles. The minimum absolute atomic E-state index is 0.0698. The Labute approximate surface area is 192 Å². The lowest BCUT2D eigenvalue weighted by Gasteiger charge is -2.39. The molecule has 0 aromatic carbocycles. The van der Waals surface area contributed by atoms with Crippen LogP contribution in [0.15, 0.2) is 17.2 Å². The Bertz CT molecular complexity index is 891. The number of hydrogen-bond acceptors (Lipinski definition) is 5. The van der Waals surface area contributed by atoms with E-state index < -0.39 is 10.0 Å². The number of ether oxygens (including phenoxy) is 1. The fourth-order valence-corrected chi connectivity index (χ4v) is 7.01. The second-order valence-electron chi connectivity index (χ2n) is 9.85. The molecule has 3 aliphatic rings. The molecule has 3 aliphatic heterocycles. The Morgan fingerprint density at radius 3 is 2.28 bits per heavy atom. The van der Waals surface area contributed by atoms with Crippen molar-refractivity contribution >= 4 is 15.9 Å². The highest BCUT2D eigenvalue weighted by Crippen LogP contribution is 2.25. The Balaban J connectivity index is 1.35. The van der Waals surface area contributed by atoms with Gasteiger partial charge in [-0.15, -0.1) is 0 Å². The number of sulfonamides is 1. The highest BCUT2D eigenvalue weighted by atomic mass is 32.2. The highest BCUT2D eigenvalue weighted by Gasteiger charge is 2.31. The van der Waals surface area contributed by atoms with Crippen LogP contribution in [0.5, 0.6) is 0 Å². The van der Waals surface area contributed by atoms with E-state index in [0.29, 0.717) is 24.7 Å². The van der Waals surface area contributed by atoms with Crippen molar-refractivity contribution in [2.45, 2.75) is 63.1 Å². The fourth-order valence-electron chi connectivity index (χ4n) is 5.42. The third kappa shape index (κ3) is 5.21. The van der Waals surface area contributed by atoms with E-state index in [-0.39, 0.29) is 23.0 Å². The lowest BCUT2D eigenvalue weighted by molar-refractivity contribution is -0.0728. The minimum Gasteiger partial charge on any atom is -0.373 e. The number of carbonyl (C=O) groups is 1. The van der Waals surface area contributed by atoms with Crippen LogP contribution in [0.3, 0.4) is 0 Å². The van der Waals surface area contributed by atoms with Gasteiger partial charge in [-0.25, -0.2) is 8.42 Å². The zero-order chi connectivity index (χ0) is 22.9. The van der Waals surface area contributed by atoms with Crippen LogP contribution in [0.4, 0.5) is 0 Å². The number of carbonyl (C=O) groups excluding carboxylic acids is 1. The second-order valence-corrected chi connectivity index (χ2v) is 11.8. The van der Waals surface area contributed by atoms with Gasteiger partial charge < -0.3 is 14.2 Å². The Morgan fingerprint density at radius 2 is 1.66 bits per heavy atom. The molecular formula is C23H38N4O4S. The van der Waals surface area contributed by atoms with Crippen LogP contribution < -0.4 is 0 Å². The molecule has 8 nitrogen and oxygen atoms in total. The van der Waals surface area contributed by atoms with Crippen molar-refractivity contribution in [3.05, 3.63) is 18.0 Å². The van der Waals surface area contributed by atoms with E-state index in [2.05, 4.69) is 18.7 Å². The van der Waals surface area contributed by atoms with Gasteiger partial charge in [-0.2, -0.15) is 4.31 Å². The maximum Gasteiger partial charge on any atom is 0.270 e. The number of amides is 1. The average molecular weight is 467 g/mol. The summed E-state index contributed by atoms with van der Waals surface area (Å²) >= 11 is 0. The van der Waals surface area contributed by atoms with Gasteiger partial charge in [0.05, 0.1) is 12.2 Å². The number of morpholine rings is 1. The van der Waals surface area contributed by atoms with Crippen molar-refractivity contribution in [1.29, 1.82) is 0 Å². The molecule has 1 amide bonds. The Hall–Kier alpha value is -1.42. The molecular weight excluding hydrogens is 428 g/mol. The summed E-state index contributed by atoms with van der Waals surface area (Å²) in [6, 6.07) is 1.56. The van der Waals surface area contributed by atoms with Gasteiger partial charge in [0.15, 0.2) is 0 Å². The summed E-state index contributed by atoms with van der Waals surface area (Å²) in [5.41, 5.74) is 0.454. The first-order chi connectivity index (χ1) is 15.2. The summed E-state index contributed by atoms with van der Waals surface area (Å²) < 4.78 is 35.1. The van der Waals surface area contributed by atoms with Crippen LogP contribution in [-0.2, 0) is 21.8 Å². The summed E-state index contributed by atoms with van der Waals surface area (Å²) in [6.45, 7) is 9.83. The molecule has 0 spiro atoms. The quantitative estimate of drug-likeness (QED) is 0.665. The topological polar surface area (TPSA) is 75.1 Å². The molecule has 0 bridgehead atoms. The third-order valence-electron chi connectivity index (χ3n) is 7.07. The first kappa shape index (κ1) is 23.7. The normalized spacial score (nSPS) is 27.0. The van der Waals surface area contributed by atoms with Gasteiger partial charge in [-0.05, 0) is 51.5 Å². The van der Waals surface area contributed by atoms with E-state index in [0.717, 1.165) is 64.8 Å². The van der Waals surface area contributed by atoms with Crippen LogP contribution in [-0.4, -0.2) is 91.0 Å². The van der Waals surface area contributed by atoms with Crippen LogP contribution >= 0.6 is 0 Å². The van der Waals surface area contributed by atoms with Crippen molar-refractivity contribution in [1.82, 2.24) is 18.7 Å². The molecule has 32 heavy (non-hydrogen) atoms. The van der Waals surface area contributed by atoms with Crippen LogP contribution in [0.25, 0.3) is 0 Å². The number of nitrogens with zero attached hydrogens (tertiary/aromatic N) is 4. The Morgan fingerprint density at radius 1 is 1.03 bits per heavy atom. The predicted molar refractivity (Wildman–Crippen MR) is 123 cm³/mol. The van der Waals surface area contributed by atoms with E-state index >= 15 is 0 Å². The van der Waals surface area contributed by atoms with Crippen molar-refractivity contribution in [3.8, 4) is 0 Å². The van der Waals surface area contributed by atoms with E-state index in [9.17, 15) is 13.2 Å². The number of piperidine rings is 2. The molecule has 2 atom stereocenters. The fraction of sp³-hybridized carbons (Fsp3) is 0.783. The molecule has 2 unspecified atom stereocenters. The predicted octanol–water partition coefficient (Wildman–Crippen LogP) is 2.16. The van der Waals surface area contributed by atoms with E-state index in [1.54, 1.807) is 28.2 Å². The number of likely N-dealkylation sites (tertiary alicyclic amines) is 1. The van der Waals surface area contributed by atoms with Gasteiger partial charge in [0.1, 0.15) is 10.6 Å². The van der Waals surface area contributed by atoms with Crippen LogP contribution in [0.2, 0.25) is 0 Å². The van der Waals surface area contributed by atoms with Crippen molar-refractivity contribution in [2.24, 2.45) is 13.0 Å². The van der Waals surface area contributed by atoms with Gasteiger partial charge >= 0.3 is 0 Å². The van der Waals surface area contributed by atoms with E-state index in [4.69, 9.17) is 4.74 Å². The van der Waals surface area contributed by atoms with Gasteiger partial charge in [0.2, 0.25) is 10.0 Å². The van der Waals surface area contributed by atoms with Crippen LogP contribution in [0.1, 0.15) is 56.4 Å². The highest BCUT2D eigenvalue weighted by molar-refractivity contribution is 7.89.